The van der Waals surface area contributed by atoms with E-state index in [1.54, 1.807) is 36.5 Å². The number of likely N-dealkylation sites (N-methyl/N-ethyl adjacent to an activating group) is 1. The summed E-state index contributed by atoms with van der Waals surface area (Å²) in [4.78, 5) is 21.7. The number of hydrogen-bond acceptors (Lipinski definition) is 6. The molecule has 0 unspecified atom stereocenters. The van der Waals surface area contributed by atoms with Crippen molar-refractivity contribution >= 4 is 23.4 Å². The van der Waals surface area contributed by atoms with E-state index in [-0.39, 0.29) is 5.56 Å². The number of nitrogens with zero attached hydrogens (tertiary/aromatic N) is 3. The van der Waals surface area contributed by atoms with Crippen LogP contribution in [0.4, 0.5) is 17.5 Å². The van der Waals surface area contributed by atoms with Crippen LogP contribution in [0.15, 0.2) is 36.5 Å². The van der Waals surface area contributed by atoms with Crippen LogP contribution in [0.2, 0.25) is 0 Å². The van der Waals surface area contributed by atoms with Gasteiger partial charge in [-0.3, -0.25) is 0 Å². The summed E-state index contributed by atoms with van der Waals surface area (Å²) >= 11 is 0. The zero-order valence-electron chi connectivity index (χ0n) is 12.6. The summed E-state index contributed by atoms with van der Waals surface area (Å²) in [7, 11) is 3.98. The first-order valence-corrected chi connectivity index (χ1v) is 6.87. The lowest BCUT2D eigenvalue weighted by molar-refractivity contribution is 0.0698. The molecule has 0 aliphatic rings. The fourth-order valence-corrected chi connectivity index (χ4v) is 1.82. The minimum atomic E-state index is -0.985. The molecule has 7 nitrogen and oxygen atoms in total. The number of benzene rings is 1. The lowest BCUT2D eigenvalue weighted by atomic mass is 10.2. The first-order valence-electron chi connectivity index (χ1n) is 6.87. The molecule has 2 rings (SSSR count). The number of carboxylic acid groups (broad SMARTS) is 1. The van der Waals surface area contributed by atoms with E-state index in [0.29, 0.717) is 17.5 Å². The summed E-state index contributed by atoms with van der Waals surface area (Å²) in [6.07, 6.45) is 1.62. The maximum Gasteiger partial charge on any atom is 0.337 e. The Bertz CT molecular complexity index is 645. The molecule has 1 aromatic heterocycles. The normalized spacial score (nSPS) is 10.5. The first-order chi connectivity index (χ1) is 10.6. The molecule has 0 fully saturated rings. The SMILES string of the molecule is CN(C)CCNc1nccc(Nc2ccccc2C(=O)O)n1. The maximum absolute atomic E-state index is 11.2. The Morgan fingerprint density at radius 2 is 2.05 bits per heavy atom. The number of nitrogens with one attached hydrogen (secondary N) is 2. The van der Waals surface area contributed by atoms with Gasteiger partial charge < -0.3 is 20.6 Å². The summed E-state index contributed by atoms with van der Waals surface area (Å²) in [6, 6.07) is 8.39. The molecular weight excluding hydrogens is 282 g/mol. The molecule has 0 aliphatic carbocycles. The van der Waals surface area contributed by atoms with Crippen LogP contribution in [0.5, 0.6) is 0 Å². The number of rotatable bonds is 7. The average Bonchev–Trinajstić information content (AvgIpc) is 2.47. The Morgan fingerprint density at radius 1 is 1.27 bits per heavy atom. The lowest BCUT2D eigenvalue weighted by Gasteiger charge is -2.12. The van der Waals surface area contributed by atoms with Crippen molar-refractivity contribution < 1.29 is 9.90 Å². The molecular formula is C15H19N5O2. The Labute approximate surface area is 129 Å². The second-order valence-electron chi connectivity index (χ2n) is 4.97. The van der Waals surface area contributed by atoms with Gasteiger partial charge in [0.2, 0.25) is 5.95 Å². The van der Waals surface area contributed by atoms with Gasteiger partial charge in [0.05, 0.1) is 11.3 Å². The highest BCUT2D eigenvalue weighted by Gasteiger charge is 2.09. The monoisotopic (exact) mass is 301 g/mol. The van der Waals surface area contributed by atoms with Crippen LogP contribution < -0.4 is 10.6 Å². The number of aromatic nitrogens is 2. The number of carboxylic acids is 1. The zero-order chi connectivity index (χ0) is 15.9. The Kier molecular flexibility index (Phi) is 5.26. The van der Waals surface area contributed by atoms with E-state index in [1.807, 2.05) is 14.1 Å². The number of aromatic carboxylic acids is 1. The second kappa shape index (κ2) is 7.37. The van der Waals surface area contributed by atoms with Gasteiger partial charge in [-0.15, -0.1) is 0 Å². The summed E-state index contributed by atoms with van der Waals surface area (Å²) in [5.41, 5.74) is 0.691. The number of para-hydroxylation sites is 1. The third kappa shape index (κ3) is 4.42. The predicted molar refractivity (Wildman–Crippen MR) is 85.8 cm³/mol. The van der Waals surface area contributed by atoms with E-state index in [4.69, 9.17) is 0 Å². The summed E-state index contributed by atoms with van der Waals surface area (Å²) in [5, 5.41) is 15.3. The highest BCUT2D eigenvalue weighted by molar-refractivity contribution is 5.94. The van der Waals surface area contributed by atoms with Gasteiger partial charge in [0, 0.05) is 19.3 Å². The molecule has 0 saturated heterocycles. The minimum absolute atomic E-state index is 0.197. The van der Waals surface area contributed by atoms with Gasteiger partial charge in [-0.1, -0.05) is 12.1 Å². The molecule has 0 atom stereocenters. The van der Waals surface area contributed by atoms with Crippen molar-refractivity contribution in [3.05, 3.63) is 42.1 Å². The fraction of sp³-hybridized carbons (Fsp3) is 0.267. The standard InChI is InChI=1S/C15H19N5O2/c1-20(2)10-9-17-15-16-8-7-13(19-15)18-12-6-4-3-5-11(12)14(21)22/h3-8H,9-10H2,1-2H3,(H,21,22)(H2,16,17,18,19). The summed E-state index contributed by atoms with van der Waals surface area (Å²) in [6.45, 7) is 1.59. The molecule has 3 N–H and O–H groups in total. The van der Waals surface area contributed by atoms with Crippen molar-refractivity contribution in [1.82, 2.24) is 14.9 Å². The van der Waals surface area contributed by atoms with Crippen LogP contribution in [-0.4, -0.2) is 53.1 Å². The topological polar surface area (TPSA) is 90.4 Å². The Balaban J connectivity index is 2.09. The van der Waals surface area contributed by atoms with E-state index in [2.05, 4.69) is 25.5 Å². The van der Waals surface area contributed by atoms with Crippen LogP contribution in [0, 0.1) is 0 Å². The fourth-order valence-electron chi connectivity index (χ4n) is 1.82. The van der Waals surface area contributed by atoms with Crippen LogP contribution in [0.1, 0.15) is 10.4 Å². The van der Waals surface area contributed by atoms with E-state index in [9.17, 15) is 9.90 Å². The highest BCUT2D eigenvalue weighted by Crippen LogP contribution is 2.19. The minimum Gasteiger partial charge on any atom is -0.478 e. The second-order valence-corrected chi connectivity index (χ2v) is 4.97. The Morgan fingerprint density at radius 3 is 2.77 bits per heavy atom. The van der Waals surface area contributed by atoms with Crippen molar-refractivity contribution in [1.29, 1.82) is 0 Å². The van der Waals surface area contributed by atoms with Gasteiger partial charge in [-0.25, -0.2) is 9.78 Å². The Hall–Kier alpha value is -2.67. The van der Waals surface area contributed by atoms with Crippen molar-refractivity contribution in [3.8, 4) is 0 Å². The molecule has 0 aliphatic heterocycles. The van der Waals surface area contributed by atoms with Gasteiger partial charge in [-0.05, 0) is 32.3 Å². The van der Waals surface area contributed by atoms with Crippen LogP contribution >= 0.6 is 0 Å². The molecule has 116 valence electrons. The molecule has 7 heteroatoms. The maximum atomic E-state index is 11.2. The van der Waals surface area contributed by atoms with Gasteiger partial charge in [0.15, 0.2) is 0 Å². The number of carbonyl (C=O) groups is 1. The molecule has 0 radical (unpaired) electrons. The van der Waals surface area contributed by atoms with Crippen molar-refractivity contribution in [2.45, 2.75) is 0 Å². The van der Waals surface area contributed by atoms with E-state index in [0.717, 1.165) is 13.1 Å². The van der Waals surface area contributed by atoms with Gasteiger partial charge >= 0.3 is 5.97 Å². The quantitative estimate of drug-likeness (QED) is 0.719. The van der Waals surface area contributed by atoms with Gasteiger partial charge in [-0.2, -0.15) is 4.98 Å². The van der Waals surface area contributed by atoms with Gasteiger partial charge in [0.1, 0.15) is 5.82 Å². The molecule has 0 amide bonds. The third-order valence-electron chi connectivity index (χ3n) is 2.92. The van der Waals surface area contributed by atoms with E-state index < -0.39 is 5.97 Å². The largest absolute Gasteiger partial charge is 0.478 e. The number of anilines is 3. The zero-order valence-corrected chi connectivity index (χ0v) is 12.6. The number of hydrogen-bond donors (Lipinski definition) is 3. The third-order valence-corrected chi connectivity index (χ3v) is 2.92. The first kappa shape index (κ1) is 15.7. The van der Waals surface area contributed by atoms with Gasteiger partial charge in [0.25, 0.3) is 0 Å². The molecule has 0 spiro atoms. The molecule has 1 heterocycles. The van der Waals surface area contributed by atoms with E-state index in [1.165, 1.54) is 0 Å². The van der Waals surface area contributed by atoms with Crippen molar-refractivity contribution in [3.63, 3.8) is 0 Å². The summed E-state index contributed by atoms with van der Waals surface area (Å²) in [5.74, 6) is 0.0530. The molecule has 0 saturated carbocycles. The molecule has 2 aromatic rings. The summed E-state index contributed by atoms with van der Waals surface area (Å²) < 4.78 is 0. The smallest absolute Gasteiger partial charge is 0.337 e. The molecule has 0 bridgehead atoms. The van der Waals surface area contributed by atoms with Crippen LogP contribution in [0.3, 0.4) is 0 Å². The van der Waals surface area contributed by atoms with Crippen LogP contribution in [-0.2, 0) is 0 Å². The van der Waals surface area contributed by atoms with E-state index >= 15 is 0 Å². The molecule has 22 heavy (non-hydrogen) atoms. The highest BCUT2D eigenvalue weighted by atomic mass is 16.4. The predicted octanol–water partition coefficient (Wildman–Crippen LogP) is 1.89. The van der Waals surface area contributed by atoms with Crippen molar-refractivity contribution in [2.75, 3.05) is 37.8 Å². The molecule has 1 aromatic carbocycles. The van der Waals surface area contributed by atoms with Crippen LogP contribution in [0.25, 0.3) is 0 Å². The lowest BCUT2D eigenvalue weighted by Crippen LogP contribution is -2.21. The average molecular weight is 301 g/mol. The van der Waals surface area contributed by atoms with Crippen molar-refractivity contribution in [2.24, 2.45) is 0 Å².